The van der Waals surface area contributed by atoms with E-state index in [1.54, 1.807) is 23.1 Å². The Balaban J connectivity index is 1.64. The number of aromatic hydroxyl groups is 1. The fraction of sp³-hybridized carbons (Fsp3) is 0.500. The molecule has 0 atom stereocenters. The molecule has 1 saturated heterocycles. The average molecular weight is 288 g/mol. The summed E-state index contributed by atoms with van der Waals surface area (Å²) in [6.45, 7) is 4.14. The smallest absolute Gasteiger partial charge is 0.257 e. The van der Waals surface area contributed by atoms with Crippen LogP contribution >= 0.6 is 0 Å². The molecule has 3 rings (SSSR count). The van der Waals surface area contributed by atoms with Crippen molar-refractivity contribution in [1.82, 2.24) is 9.80 Å². The minimum absolute atomic E-state index is 0.0158. The van der Waals surface area contributed by atoms with Crippen LogP contribution in [-0.4, -0.2) is 52.9 Å². The summed E-state index contributed by atoms with van der Waals surface area (Å²) in [7, 11) is 0. The average Bonchev–Trinajstić information content (AvgIpc) is 3.33. The molecule has 1 heterocycles. The maximum absolute atomic E-state index is 12.5. The molecule has 0 bridgehead atoms. The Kier molecular flexibility index (Phi) is 3.57. The number of carbonyl (C=O) groups is 2. The first-order chi connectivity index (χ1) is 10.1. The highest BCUT2D eigenvalue weighted by Gasteiger charge is 2.35. The molecular weight excluding hydrogens is 268 g/mol. The van der Waals surface area contributed by atoms with E-state index in [9.17, 15) is 14.7 Å². The SMILES string of the molecule is Cc1ccc(O)c(C(=O)N2CCN(C(=O)C3CC3)CC2)c1. The van der Waals surface area contributed by atoms with Gasteiger partial charge in [0.05, 0.1) is 5.56 Å². The standard InChI is InChI=1S/C16H20N2O3/c1-11-2-5-14(19)13(10-11)16(21)18-8-6-17(7-9-18)15(20)12-3-4-12/h2,5,10,12,19H,3-4,6-9H2,1H3. The Morgan fingerprint density at radius 2 is 1.71 bits per heavy atom. The molecule has 2 amide bonds. The van der Waals surface area contributed by atoms with E-state index in [0.29, 0.717) is 31.7 Å². The summed E-state index contributed by atoms with van der Waals surface area (Å²) in [4.78, 5) is 28.0. The van der Waals surface area contributed by atoms with E-state index in [-0.39, 0.29) is 23.5 Å². The molecule has 1 aliphatic heterocycles. The third-order valence-electron chi connectivity index (χ3n) is 4.19. The molecule has 1 aromatic carbocycles. The quantitative estimate of drug-likeness (QED) is 0.894. The van der Waals surface area contributed by atoms with Crippen LogP contribution in [0.25, 0.3) is 0 Å². The Morgan fingerprint density at radius 1 is 1.10 bits per heavy atom. The van der Waals surface area contributed by atoms with Crippen LogP contribution in [0.3, 0.4) is 0 Å². The van der Waals surface area contributed by atoms with Crippen molar-refractivity contribution in [2.75, 3.05) is 26.2 Å². The van der Waals surface area contributed by atoms with Crippen molar-refractivity contribution in [1.29, 1.82) is 0 Å². The van der Waals surface area contributed by atoms with E-state index in [1.165, 1.54) is 0 Å². The normalized spacial score (nSPS) is 18.7. The fourth-order valence-electron chi connectivity index (χ4n) is 2.71. The van der Waals surface area contributed by atoms with Crippen LogP contribution in [0.2, 0.25) is 0 Å². The van der Waals surface area contributed by atoms with Crippen molar-refractivity contribution in [2.24, 2.45) is 5.92 Å². The molecule has 0 spiro atoms. The van der Waals surface area contributed by atoms with Crippen molar-refractivity contribution in [3.05, 3.63) is 29.3 Å². The van der Waals surface area contributed by atoms with E-state index in [0.717, 1.165) is 18.4 Å². The van der Waals surface area contributed by atoms with Crippen LogP contribution in [0.15, 0.2) is 18.2 Å². The number of benzene rings is 1. The zero-order valence-corrected chi connectivity index (χ0v) is 12.2. The molecule has 5 heteroatoms. The highest BCUT2D eigenvalue weighted by atomic mass is 16.3. The molecule has 0 radical (unpaired) electrons. The van der Waals surface area contributed by atoms with Gasteiger partial charge in [-0.25, -0.2) is 0 Å². The topological polar surface area (TPSA) is 60.9 Å². The molecule has 112 valence electrons. The molecule has 1 N–H and O–H groups in total. The molecule has 5 nitrogen and oxygen atoms in total. The number of nitrogens with zero attached hydrogens (tertiary/aromatic N) is 2. The van der Waals surface area contributed by atoms with Crippen LogP contribution < -0.4 is 0 Å². The van der Waals surface area contributed by atoms with Gasteiger partial charge >= 0.3 is 0 Å². The minimum atomic E-state index is -0.158. The van der Waals surface area contributed by atoms with E-state index in [4.69, 9.17) is 0 Å². The number of aryl methyl sites for hydroxylation is 1. The summed E-state index contributed by atoms with van der Waals surface area (Å²) in [5, 5.41) is 9.85. The minimum Gasteiger partial charge on any atom is -0.507 e. The molecule has 1 aromatic rings. The summed E-state index contributed by atoms with van der Waals surface area (Å²) < 4.78 is 0. The van der Waals surface area contributed by atoms with Crippen LogP contribution in [-0.2, 0) is 4.79 Å². The van der Waals surface area contributed by atoms with E-state index < -0.39 is 0 Å². The summed E-state index contributed by atoms with van der Waals surface area (Å²) >= 11 is 0. The number of phenolic OH excluding ortho intramolecular Hbond substituents is 1. The van der Waals surface area contributed by atoms with Crippen LogP contribution in [0.1, 0.15) is 28.8 Å². The maximum atomic E-state index is 12.5. The monoisotopic (exact) mass is 288 g/mol. The van der Waals surface area contributed by atoms with E-state index >= 15 is 0 Å². The molecule has 0 aromatic heterocycles. The predicted octanol–water partition coefficient (Wildman–Crippen LogP) is 1.40. The number of carbonyl (C=O) groups excluding carboxylic acids is 2. The highest BCUT2D eigenvalue weighted by molar-refractivity contribution is 5.97. The van der Waals surface area contributed by atoms with Gasteiger partial charge in [0.2, 0.25) is 5.91 Å². The molecule has 1 aliphatic carbocycles. The fourth-order valence-corrected chi connectivity index (χ4v) is 2.71. The first kappa shape index (κ1) is 13.9. The summed E-state index contributed by atoms with van der Waals surface area (Å²) in [6, 6.07) is 5.03. The lowest BCUT2D eigenvalue weighted by molar-refractivity contribution is -0.134. The van der Waals surface area contributed by atoms with Crippen molar-refractivity contribution in [2.45, 2.75) is 19.8 Å². The van der Waals surface area contributed by atoms with Crippen molar-refractivity contribution >= 4 is 11.8 Å². The Bertz CT molecular complexity index is 573. The molecule has 1 saturated carbocycles. The first-order valence-electron chi connectivity index (χ1n) is 7.44. The molecule has 2 fully saturated rings. The summed E-state index contributed by atoms with van der Waals surface area (Å²) in [5.74, 6) is 0.324. The highest BCUT2D eigenvalue weighted by Crippen LogP contribution is 2.31. The third kappa shape index (κ3) is 2.86. The number of phenols is 1. The van der Waals surface area contributed by atoms with Gasteiger partial charge in [-0.15, -0.1) is 0 Å². The van der Waals surface area contributed by atoms with Gasteiger partial charge in [-0.1, -0.05) is 11.6 Å². The second-order valence-corrected chi connectivity index (χ2v) is 5.91. The van der Waals surface area contributed by atoms with Crippen molar-refractivity contribution < 1.29 is 14.7 Å². The summed E-state index contributed by atoms with van der Waals surface area (Å²) in [6.07, 6.45) is 2.02. The van der Waals surface area contributed by atoms with Gasteiger partial charge in [-0.2, -0.15) is 0 Å². The van der Waals surface area contributed by atoms with Crippen LogP contribution in [0, 0.1) is 12.8 Å². The Morgan fingerprint density at radius 3 is 2.33 bits per heavy atom. The Hall–Kier alpha value is -2.04. The number of piperazine rings is 1. The second kappa shape index (κ2) is 5.39. The van der Waals surface area contributed by atoms with Gasteiger partial charge in [0.25, 0.3) is 5.91 Å². The number of hydrogen-bond donors (Lipinski definition) is 1. The van der Waals surface area contributed by atoms with Gasteiger partial charge in [0.1, 0.15) is 5.75 Å². The van der Waals surface area contributed by atoms with E-state index in [1.807, 2.05) is 11.8 Å². The van der Waals surface area contributed by atoms with Crippen LogP contribution in [0.4, 0.5) is 0 Å². The predicted molar refractivity (Wildman–Crippen MR) is 78.1 cm³/mol. The van der Waals surface area contributed by atoms with Gasteiger partial charge in [-0.05, 0) is 31.9 Å². The molecular formula is C16H20N2O3. The number of rotatable bonds is 2. The lowest BCUT2D eigenvalue weighted by Gasteiger charge is -2.35. The van der Waals surface area contributed by atoms with Gasteiger partial charge in [-0.3, -0.25) is 9.59 Å². The molecule has 2 aliphatic rings. The Labute approximate surface area is 124 Å². The third-order valence-corrected chi connectivity index (χ3v) is 4.19. The number of hydrogen-bond acceptors (Lipinski definition) is 3. The number of amides is 2. The maximum Gasteiger partial charge on any atom is 0.257 e. The summed E-state index contributed by atoms with van der Waals surface area (Å²) in [5.41, 5.74) is 1.29. The van der Waals surface area contributed by atoms with Crippen molar-refractivity contribution in [3.63, 3.8) is 0 Å². The van der Waals surface area contributed by atoms with Crippen LogP contribution in [0.5, 0.6) is 5.75 Å². The second-order valence-electron chi connectivity index (χ2n) is 5.91. The zero-order valence-electron chi connectivity index (χ0n) is 12.2. The lowest BCUT2D eigenvalue weighted by Crippen LogP contribution is -2.51. The van der Waals surface area contributed by atoms with Gasteiger partial charge in [0, 0.05) is 32.1 Å². The molecule has 21 heavy (non-hydrogen) atoms. The van der Waals surface area contributed by atoms with E-state index in [2.05, 4.69) is 0 Å². The van der Waals surface area contributed by atoms with Gasteiger partial charge in [0.15, 0.2) is 0 Å². The lowest BCUT2D eigenvalue weighted by atomic mass is 10.1. The zero-order chi connectivity index (χ0) is 15.0. The first-order valence-corrected chi connectivity index (χ1v) is 7.44. The van der Waals surface area contributed by atoms with Gasteiger partial charge < -0.3 is 14.9 Å². The molecule has 0 unspecified atom stereocenters. The van der Waals surface area contributed by atoms with Crippen molar-refractivity contribution in [3.8, 4) is 5.75 Å². The largest absolute Gasteiger partial charge is 0.507 e.